The summed E-state index contributed by atoms with van der Waals surface area (Å²) in [6, 6.07) is 12.8. The summed E-state index contributed by atoms with van der Waals surface area (Å²) in [6.45, 7) is 2.37. The predicted octanol–water partition coefficient (Wildman–Crippen LogP) is 2.86. The summed E-state index contributed by atoms with van der Waals surface area (Å²) >= 11 is 1.18. The van der Waals surface area contributed by atoms with E-state index in [1.807, 2.05) is 30.3 Å². The number of thiophene rings is 1. The topological polar surface area (TPSA) is 81.5 Å². The molecule has 7 nitrogen and oxygen atoms in total. The Balaban J connectivity index is 1.78. The van der Waals surface area contributed by atoms with Crippen molar-refractivity contribution < 1.29 is 17.9 Å². The molecule has 0 atom stereocenters. The van der Waals surface area contributed by atoms with E-state index in [4.69, 9.17) is 4.74 Å². The van der Waals surface area contributed by atoms with Gasteiger partial charge in [0.2, 0.25) is 0 Å². The molecule has 0 aliphatic carbocycles. The summed E-state index contributed by atoms with van der Waals surface area (Å²) in [6.07, 6.45) is 0.460. The highest BCUT2D eigenvalue weighted by atomic mass is 32.2. The Morgan fingerprint density at radius 1 is 1.21 bits per heavy atom. The summed E-state index contributed by atoms with van der Waals surface area (Å²) in [7, 11) is -3.61. The molecule has 1 aliphatic heterocycles. The molecular formula is C19H19N3O4S2. The SMILES string of the molecule is CCOC(=O)c1nn(-c2ccccc2)c2c1CN(S(=O)(=O)c1cccs1)CC2. The molecular weight excluding hydrogens is 398 g/mol. The first-order chi connectivity index (χ1) is 13.5. The summed E-state index contributed by atoms with van der Waals surface area (Å²) in [5.74, 6) is -0.538. The number of carbonyl (C=O) groups excluding carboxylic acids is 1. The molecule has 0 unspecified atom stereocenters. The Labute approximate surface area is 167 Å². The van der Waals surface area contributed by atoms with Crippen molar-refractivity contribution in [3.05, 3.63) is 64.8 Å². The van der Waals surface area contributed by atoms with Gasteiger partial charge in [-0.25, -0.2) is 17.9 Å². The van der Waals surface area contributed by atoms with Gasteiger partial charge in [-0.05, 0) is 30.5 Å². The molecule has 0 saturated heterocycles. The molecule has 2 aromatic heterocycles. The van der Waals surface area contributed by atoms with Crippen molar-refractivity contribution in [1.29, 1.82) is 0 Å². The number of para-hydroxylation sites is 1. The molecule has 0 radical (unpaired) electrons. The fourth-order valence-corrected chi connectivity index (χ4v) is 5.84. The van der Waals surface area contributed by atoms with Crippen LogP contribution in [0.15, 0.2) is 52.1 Å². The number of nitrogens with zero attached hydrogens (tertiary/aromatic N) is 3. The molecule has 0 fully saturated rings. The van der Waals surface area contributed by atoms with E-state index >= 15 is 0 Å². The lowest BCUT2D eigenvalue weighted by molar-refractivity contribution is 0.0517. The third-order valence-corrected chi connectivity index (χ3v) is 7.80. The zero-order valence-electron chi connectivity index (χ0n) is 15.2. The molecule has 28 heavy (non-hydrogen) atoms. The molecule has 3 aromatic rings. The number of ether oxygens (including phenoxy) is 1. The number of aromatic nitrogens is 2. The average Bonchev–Trinajstić information content (AvgIpc) is 3.37. The first-order valence-corrected chi connectivity index (χ1v) is 11.2. The van der Waals surface area contributed by atoms with Crippen molar-refractivity contribution in [2.75, 3.05) is 13.2 Å². The van der Waals surface area contributed by atoms with E-state index in [9.17, 15) is 13.2 Å². The Bertz CT molecular complexity index is 1090. The van der Waals surface area contributed by atoms with Gasteiger partial charge in [0.15, 0.2) is 5.69 Å². The first kappa shape index (κ1) is 18.9. The van der Waals surface area contributed by atoms with Gasteiger partial charge in [-0.1, -0.05) is 24.3 Å². The fourth-order valence-electron chi connectivity index (χ4n) is 3.28. The second-order valence-electron chi connectivity index (χ2n) is 6.26. The molecule has 0 amide bonds. The van der Waals surface area contributed by atoms with Gasteiger partial charge in [0.1, 0.15) is 4.21 Å². The summed E-state index contributed by atoms with van der Waals surface area (Å²) < 4.78 is 34.4. The van der Waals surface area contributed by atoms with Gasteiger partial charge in [0.25, 0.3) is 10.0 Å². The Kier molecular flexibility index (Phi) is 5.05. The maximum absolute atomic E-state index is 12.9. The molecule has 3 heterocycles. The normalized spacial score (nSPS) is 14.6. The lowest BCUT2D eigenvalue weighted by atomic mass is 10.1. The third-order valence-electron chi connectivity index (χ3n) is 4.58. The van der Waals surface area contributed by atoms with Crippen LogP contribution in [0.2, 0.25) is 0 Å². The minimum atomic E-state index is -3.61. The summed E-state index contributed by atoms with van der Waals surface area (Å²) in [5, 5.41) is 6.22. The van der Waals surface area contributed by atoms with Crippen LogP contribution in [0.25, 0.3) is 5.69 Å². The van der Waals surface area contributed by atoms with E-state index in [0.29, 0.717) is 22.7 Å². The standard InChI is InChI=1S/C19H19N3O4S2/c1-2-26-19(23)18-15-13-21(28(24,25)17-9-6-12-27-17)11-10-16(15)22(20-18)14-7-4-3-5-8-14/h3-9,12H,2,10-11,13H2,1H3. The minimum Gasteiger partial charge on any atom is -0.461 e. The van der Waals surface area contributed by atoms with Crippen molar-refractivity contribution in [3.8, 4) is 5.69 Å². The Morgan fingerprint density at radius 3 is 2.68 bits per heavy atom. The van der Waals surface area contributed by atoms with Crippen LogP contribution in [0.4, 0.5) is 0 Å². The van der Waals surface area contributed by atoms with Crippen molar-refractivity contribution in [2.24, 2.45) is 0 Å². The summed E-state index contributed by atoms with van der Waals surface area (Å²) in [4.78, 5) is 12.5. The Morgan fingerprint density at radius 2 is 2.00 bits per heavy atom. The maximum Gasteiger partial charge on any atom is 0.359 e. The summed E-state index contributed by atoms with van der Waals surface area (Å²) in [5.41, 5.74) is 2.44. The molecule has 1 aliphatic rings. The van der Waals surface area contributed by atoms with Gasteiger partial charge < -0.3 is 4.74 Å². The number of hydrogen-bond donors (Lipinski definition) is 0. The van der Waals surface area contributed by atoms with Crippen LogP contribution in [0.1, 0.15) is 28.7 Å². The van der Waals surface area contributed by atoms with Crippen molar-refractivity contribution in [3.63, 3.8) is 0 Å². The van der Waals surface area contributed by atoms with Crippen LogP contribution in [-0.4, -0.2) is 41.6 Å². The van der Waals surface area contributed by atoms with Crippen molar-refractivity contribution in [1.82, 2.24) is 14.1 Å². The number of carbonyl (C=O) groups is 1. The molecule has 146 valence electrons. The number of rotatable bonds is 5. The number of fused-ring (bicyclic) bond motifs is 1. The second-order valence-corrected chi connectivity index (χ2v) is 9.37. The Hall–Kier alpha value is -2.49. The van der Waals surface area contributed by atoms with E-state index in [0.717, 1.165) is 11.4 Å². The van der Waals surface area contributed by atoms with E-state index in [1.165, 1.54) is 15.6 Å². The zero-order valence-corrected chi connectivity index (χ0v) is 16.9. The van der Waals surface area contributed by atoms with Crippen molar-refractivity contribution >= 4 is 27.3 Å². The van der Waals surface area contributed by atoms with E-state index in [2.05, 4.69) is 5.10 Å². The lowest BCUT2D eigenvalue weighted by Gasteiger charge is -2.26. The van der Waals surface area contributed by atoms with Gasteiger partial charge in [-0.2, -0.15) is 9.40 Å². The molecule has 0 spiro atoms. The van der Waals surface area contributed by atoms with Gasteiger partial charge in [-0.3, -0.25) is 0 Å². The number of benzene rings is 1. The van der Waals surface area contributed by atoms with Gasteiger partial charge in [0, 0.05) is 25.1 Å². The lowest BCUT2D eigenvalue weighted by Crippen LogP contribution is -2.36. The molecule has 4 rings (SSSR count). The molecule has 1 aromatic carbocycles. The first-order valence-electron chi connectivity index (χ1n) is 8.89. The largest absolute Gasteiger partial charge is 0.461 e. The highest BCUT2D eigenvalue weighted by Gasteiger charge is 2.35. The number of sulfonamides is 1. The quantitative estimate of drug-likeness (QED) is 0.596. The fraction of sp³-hybridized carbons (Fsp3) is 0.263. The van der Waals surface area contributed by atoms with Gasteiger partial charge in [0.05, 0.1) is 18.0 Å². The second kappa shape index (κ2) is 7.50. The number of esters is 1. The van der Waals surface area contributed by atoms with Crippen LogP contribution in [0.3, 0.4) is 0 Å². The van der Waals surface area contributed by atoms with Gasteiger partial charge >= 0.3 is 5.97 Å². The average molecular weight is 418 g/mol. The molecule has 0 saturated carbocycles. The highest BCUT2D eigenvalue weighted by Crippen LogP contribution is 2.30. The van der Waals surface area contributed by atoms with Crippen molar-refractivity contribution in [2.45, 2.75) is 24.1 Å². The van der Waals surface area contributed by atoms with E-state index in [-0.39, 0.29) is 18.8 Å². The molecule has 0 bridgehead atoms. The third kappa shape index (κ3) is 3.25. The van der Waals surface area contributed by atoms with Crippen LogP contribution in [0, 0.1) is 0 Å². The van der Waals surface area contributed by atoms with Crippen LogP contribution in [-0.2, 0) is 27.7 Å². The zero-order chi connectivity index (χ0) is 19.7. The highest BCUT2D eigenvalue weighted by molar-refractivity contribution is 7.91. The van der Waals surface area contributed by atoms with Crippen LogP contribution < -0.4 is 0 Å². The molecule has 9 heteroatoms. The van der Waals surface area contributed by atoms with Crippen LogP contribution >= 0.6 is 11.3 Å². The maximum atomic E-state index is 12.9. The monoisotopic (exact) mass is 417 g/mol. The predicted molar refractivity (Wildman–Crippen MR) is 105 cm³/mol. The number of hydrogen-bond acceptors (Lipinski definition) is 6. The minimum absolute atomic E-state index is 0.0938. The smallest absolute Gasteiger partial charge is 0.359 e. The van der Waals surface area contributed by atoms with Gasteiger partial charge in [-0.15, -0.1) is 11.3 Å². The van der Waals surface area contributed by atoms with Crippen LogP contribution in [0.5, 0.6) is 0 Å². The molecule has 0 N–H and O–H groups in total. The van der Waals surface area contributed by atoms with E-state index in [1.54, 1.807) is 29.1 Å². The van der Waals surface area contributed by atoms with E-state index < -0.39 is 16.0 Å².